The number of nitrogens with one attached hydrogen (secondary N) is 1. The molecule has 0 bridgehead atoms. The van der Waals surface area contributed by atoms with Gasteiger partial charge in [0.15, 0.2) is 0 Å². The first-order valence-electron chi connectivity index (χ1n) is 3.50. The van der Waals surface area contributed by atoms with Crippen molar-refractivity contribution < 1.29 is 14.7 Å². The molecule has 2 N–H and O–H groups in total. The third-order valence-corrected chi connectivity index (χ3v) is 1.56. The van der Waals surface area contributed by atoms with E-state index >= 15 is 0 Å². The summed E-state index contributed by atoms with van der Waals surface area (Å²) in [5, 5.41) is 11.0. The minimum absolute atomic E-state index is 0.307. The number of imide groups is 1. The fraction of sp³-hybridized carbons (Fsp3) is 0.667. The van der Waals surface area contributed by atoms with Crippen LogP contribution in [0.5, 0.6) is 0 Å². The van der Waals surface area contributed by atoms with Crippen LogP contribution >= 0.6 is 0 Å². The number of hydrogen-bond donors (Lipinski definition) is 2. The molecule has 0 radical (unpaired) electrons. The van der Waals surface area contributed by atoms with Crippen molar-refractivity contribution in [3.8, 4) is 0 Å². The van der Waals surface area contributed by atoms with Crippen LogP contribution in [0, 0.1) is 0 Å². The first-order chi connectivity index (χ1) is 5.22. The largest absolute Gasteiger partial charge is 0.465 e. The van der Waals surface area contributed by atoms with Crippen LogP contribution < -0.4 is 5.32 Å². The average molecular weight is 158 g/mol. The van der Waals surface area contributed by atoms with E-state index in [-0.39, 0.29) is 0 Å². The SMILES string of the molecule is O=C(O)N1CCCCNC1=O. The summed E-state index contributed by atoms with van der Waals surface area (Å²) in [6.07, 6.45) is 0.407. The molecule has 62 valence electrons. The van der Waals surface area contributed by atoms with Gasteiger partial charge in [-0.2, -0.15) is 0 Å². The van der Waals surface area contributed by atoms with Crippen molar-refractivity contribution in [2.24, 2.45) is 0 Å². The molecule has 0 unspecified atom stereocenters. The lowest BCUT2D eigenvalue weighted by atomic mass is 10.3. The van der Waals surface area contributed by atoms with E-state index in [9.17, 15) is 9.59 Å². The van der Waals surface area contributed by atoms with Gasteiger partial charge in [-0.15, -0.1) is 0 Å². The lowest BCUT2D eigenvalue weighted by Crippen LogP contribution is -2.41. The summed E-state index contributed by atoms with van der Waals surface area (Å²) in [6.45, 7) is 0.879. The number of carbonyl (C=O) groups excluding carboxylic acids is 1. The van der Waals surface area contributed by atoms with E-state index in [0.29, 0.717) is 13.1 Å². The molecule has 1 aliphatic rings. The highest BCUT2D eigenvalue weighted by Crippen LogP contribution is 2.00. The molecule has 0 aliphatic carbocycles. The second-order valence-corrected chi connectivity index (χ2v) is 2.37. The highest BCUT2D eigenvalue weighted by atomic mass is 16.4. The predicted molar refractivity (Wildman–Crippen MR) is 37.4 cm³/mol. The van der Waals surface area contributed by atoms with Crippen molar-refractivity contribution >= 4 is 12.1 Å². The van der Waals surface area contributed by atoms with Crippen molar-refractivity contribution in [2.45, 2.75) is 12.8 Å². The molecule has 1 rings (SSSR count). The van der Waals surface area contributed by atoms with Crippen molar-refractivity contribution in [3.05, 3.63) is 0 Å². The van der Waals surface area contributed by atoms with Gasteiger partial charge < -0.3 is 10.4 Å². The van der Waals surface area contributed by atoms with Gasteiger partial charge in [-0.05, 0) is 12.8 Å². The van der Waals surface area contributed by atoms with Crippen LogP contribution in [0.1, 0.15) is 12.8 Å². The molecule has 0 aromatic carbocycles. The van der Waals surface area contributed by atoms with E-state index in [1.165, 1.54) is 0 Å². The van der Waals surface area contributed by atoms with E-state index in [1.54, 1.807) is 0 Å². The molecule has 1 aliphatic heterocycles. The van der Waals surface area contributed by atoms with Gasteiger partial charge in [0.2, 0.25) is 0 Å². The molecular formula is C6H10N2O3. The average Bonchev–Trinajstić information content (AvgIpc) is 2.13. The Hall–Kier alpha value is -1.26. The maximum Gasteiger partial charge on any atom is 0.415 e. The highest BCUT2D eigenvalue weighted by molar-refractivity contribution is 5.90. The van der Waals surface area contributed by atoms with E-state index in [1.807, 2.05) is 0 Å². The molecule has 1 heterocycles. The van der Waals surface area contributed by atoms with Gasteiger partial charge in [-0.3, -0.25) is 0 Å². The maximum absolute atomic E-state index is 10.9. The van der Waals surface area contributed by atoms with Crippen LogP contribution in [0.3, 0.4) is 0 Å². The van der Waals surface area contributed by atoms with Crippen LogP contribution in [0.25, 0.3) is 0 Å². The Morgan fingerprint density at radius 2 is 2.27 bits per heavy atom. The van der Waals surface area contributed by atoms with Gasteiger partial charge in [0.05, 0.1) is 0 Å². The zero-order valence-electron chi connectivity index (χ0n) is 6.04. The summed E-state index contributed by atoms with van der Waals surface area (Å²) < 4.78 is 0. The second kappa shape index (κ2) is 3.23. The maximum atomic E-state index is 10.9. The van der Waals surface area contributed by atoms with Crippen molar-refractivity contribution in [1.29, 1.82) is 0 Å². The zero-order valence-corrected chi connectivity index (χ0v) is 6.04. The number of nitrogens with zero attached hydrogens (tertiary/aromatic N) is 1. The number of hydrogen-bond acceptors (Lipinski definition) is 2. The number of carboxylic acid groups (broad SMARTS) is 1. The molecule has 0 aromatic heterocycles. The number of rotatable bonds is 0. The summed E-state index contributed by atoms with van der Waals surface area (Å²) in [5.41, 5.74) is 0. The normalized spacial score (nSPS) is 18.9. The Morgan fingerprint density at radius 1 is 1.55 bits per heavy atom. The molecule has 5 nitrogen and oxygen atoms in total. The van der Waals surface area contributed by atoms with Crippen molar-refractivity contribution in [2.75, 3.05) is 13.1 Å². The highest BCUT2D eigenvalue weighted by Gasteiger charge is 2.21. The van der Waals surface area contributed by atoms with Crippen LogP contribution in [0.2, 0.25) is 0 Å². The molecular weight excluding hydrogens is 148 g/mol. The summed E-state index contributed by atoms with van der Waals surface area (Å²) in [4.78, 5) is 22.1. The minimum atomic E-state index is -1.18. The fourth-order valence-corrected chi connectivity index (χ4v) is 0.970. The molecule has 3 amide bonds. The standard InChI is InChI=1S/C6H10N2O3/c9-5-7-3-1-2-4-8(5)6(10)11/h1-4H2,(H,7,9)(H,10,11). The van der Waals surface area contributed by atoms with E-state index in [0.717, 1.165) is 17.7 Å². The third kappa shape index (κ3) is 1.83. The predicted octanol–water partition coefficient (Wildman–Crippen LogP) is 0.470. The van der Waals surface area contributed by atoms with Gasteiger partial charge in [0.1, 0.15) is 0 Å². The smallest absolute Gasteiger partial charge is 0.415 e. The van der Waals surface area contributed by atoms with E-state index in [4.69, 9.17) is 5.11 Å². The van der Waals surface area contributed by atoms with Crippen molar-refractivity contribution in [1.82, 2.24) is 10.2 Å². The fourth-order valence-electron chi connectivity index (χ4n) is 0.970. The molecule has 0 atom stereocenters. The third-order valence-electron chi connectivity index (χ3n) is 1.56. The molecule has 0 aromatic rings. The van der Waals surface area contributed by atoms with Gasteiger partial charge in [-0.25, -0.2) is 14.5 Å². The summed E-state index contributed by atoms with van der Waals surface area (Å²) >= 11 is 0. The van der Waals surface area contributed by atoms with Crippen molar-refractivity contribution in [3.63, 3.8) is 0 Å². The molecule has 0 spiro atoms. The molecule has 0 saturated carbocycles. The number of urea groups is 1. The lowest BCUT2D eigenvalue weighted by Gasteiger charge is -2.12. The van der Waals surface area contributed by atoms with E-state index in [2.05, 4.69) is 5.32 Å². The monoisotopic (exact) mass is 158 g/mol. The second-order valence-electron chi connectivity index (χ2n) is 2.37. The minimum Gasteiger partial charge on any atom is -0.465 e. The van der Waals surface area contributed by atoms with Crippen LogP contribution in [0.4, 0.5) is 9.59 Å². The summed E-state index contributed by atoms with van der Waals surface area (Å²) in [7, 11) is 0. The topological polar surface area (TPSA) is 69.6 Å². The summed E-state index contributed by atoms with van der Waals surface area (Å²) in [6, 6.07) is -0.505. The number of amides is 3. The van der Waals surface area contributed by atoms with Crippen LogP contribution in [0.15, 0.2) is 0 Å². The first kappa shape index (κ1) is 7.84. The van der Waals surface area contributed by atoms with Crippen LogP contribution in [-0.2, 0) is 0 Å². The molecule has 11 heavy (non-hydrogen) atoms. The Balaban J connectivity index is 2.59. The molecule has 5 heteroatoms. The van der Waals surface area contributed by atoms with Gasteiger partial charge in [0.25, 0.3) is 0 Å². The lowest BCUT2D eigenvalue weighted by molar-refractivity contribution is 0.150. The Labute approximate surface area is 64.0 Å². The Morgan fingerprint density at radius 3 is 2.91 bits per heavy atom. The zero-order chi connectivity index (χ0) is 8.27. The Bertz CT molecular complexity index is 181. The first-order valence-corrected chi connectivity index (χ1v) is 3.50. The quantitative estimate of drug-likeness (QED) is 0.538. The Kier molecular flexibility index (Phi) is 2.30. The van der Waals surface area contributed by atoms with Gasteiger partial charge in [-0.1, -0.05) is 0 Å². The van der Waals surface area contributed by atoms with Gasteiger partial charge >= 0.3 is 12.1 Å². The summed E-state index contributed by atoms with van der Waals surface area (Å²) in [5.74, 6) is 0. The van der Waals surface area contributed by atoms with Crippen LogP contribution in [-0.4, -0.2) is 35.2 Å². The molecule has 1 fully saturated rings. The number of carbonyl (C=O) groups is 2. The van der Waals surface area contributed by atoms with Gasteiger partial charge in [0, 0.05) is 13.1 Å². The van der Waals surface area contributed by atoms with E-state index < -0.39 is 12.1 Å². The molecule has 1 saturated heterocycles.